The van der Waals surface area contributed by atoms with Gasteiger partial charge >= 0.3 is 0 Å². The molecule has 1 aliphatic carbocycles. The standard InChI is InChI=1S/C77H62N2/c1-4-7-8-11-18-56-27-33-57(34-28-56)58-35-43-66(44-36-58)78(68-47-48-70-69-23-16-17-24-73(69)77(74(70)53-68,63-19-12-9-13-20-63)64-41-29-55(6-3)30-42-64)67-45-37-60(38-46-67)62-40-50-76-72(52-62)71-51-61(59-31-25-54(5-2)26-32-59)39-49-75(71)79(76)65-21-14-10-15-22-65/h5-6,9-10,12-17,19-53H,2-4,7-8,11,18H2,1H3. The summed E-state index contributed by atoms with van der Waals surface area (Å²) in [4.78, 5) is 2.44. The lowest BCUT2D eigenvalue weighted by molar-refractivity contribution is 0.667. The quantitative estimate of drug-likeness (QED) is 0.0876. The summed E-state index contributed by atoms with van der Waals surface area (Å²) >= 11 is 0. The third kappa shape index (κ3) is 8.90. The van der Waals surface area contributed by atoms with Crippen molar-refractivity contribution in [1.29, 1.82) is 0 Å². The van der Waals surface area contributed by atoms with Crippen LogP contribution in [0, 0.1) is 0 Å². The van der Waals surface area contributed by atoms with Crippen molar-refractivity contribution in [2.24, 2.45) is 0 Å². The van der Waals surface area contributed by atoms with E-state index in [0.717, 1.165) is 45.9 Å². The fourth-order valence-electron chi connectivity index (χ4n) is 12.5. The van der Waals surface area contributed by atoms with Crippen molar-refractivity contribution >= 4 is 51.0 Å². The van der Waals surface area contributed by atoms with Gasteiger partial charge in [-0.25, -0.2) is 0 Å². The van der Waals surface area contributed by atoms with Crippen LogP contribution in [0.2, 0.25) is 0 Å². The van der Waals surface area contributed by atoms with Gasteiger partial charge in [0.1, 0.15) is 0 Å². The largest absolute Gasteiger partial charge is 0.310 e. The Bertz CT molecular complexity index is 4150. The van der Waals surface area contributed by atoms with E-state index in [1.165, 1.54) is 114 Å². The summed E-state index contributed by atoms with van der Waals surface area (Å²) in [5.74, 6) is 0. The van der Waals surface area contributed by atoms with Gasteiger partial charge in [-0.2, -0.15) is 0 Å². The zero-order valence-corrected chi connectivity index (χ0v) is 44.8. The molecule has 380 valence electrons. The van der Waals surface area contributed by atoms with Gasteiger partial charge in [-0.1, -0.05) is 240 Å². The predicted octanol–water partition coefficient (Wildman–Crippen LogP) is 21.0. The van der Waals surface area contributed by atoms with E-state index in [-0.39, 0.29) is 0 Å². The minimum atomic E-state index is -0.566. The predicted molar refractivity (Wildman–Crippen MR) is 337 cm³/mol. The number of rotatable bonds is 16. The maximum absolute atomic E-state index is 4.10. The molecule has 1 aliphatic rings. The fraction of sp³-hybridized carbons (Fsp3) is 0.0909. The van der Waals surface area contributed by atoms with Gasteiger partial charge in [-0.3, -0.25) is 0 Å². The number of aryl methyl sites for hydroxylation is 1. The number of benzene rings is 11. The molecule has 1 atom stereocenters. The van der Waals surface area contributed by atoms with Crippen molar-refractivity contribution in [3.63, 3.8) is 0 Å². The number of fused-ring (bicyclic) bond motifs is 6. The van der Waals surface area contributed by atoms with Gasteiger partial charge in [0.2, 0.25) is 0 Å². The lowest BCUT2D eigenvalue weighted by Gasteiger charge is -2.35. The molecule has 79 heavy (non-hydrogen) atoms. The highest BCUT2D eigenvalue weighted by Crippen LogP contribution is 2.57. The van der Waals surface area contributed by atoms with Crippen LogP contribution in [0.25, 0.3) is 84.2 Å². The molecule has 11 aromatic carbocycles. The van der Waals surface area contributed by atoms with Crippen LogP contribution in [0.5, 0.6) is 0 Å². The van der Waals surface area contributed by atoms with Crippen LogP contribution < -0.4 is 4.90 Å². The van der Waals surface area contributed by atoms with Crippen LogP contribution in [-0.4, -0.2) is 4.57 Å². The van der Waals surface area contributed by atoms with Gasteiger partial charge in [0, 0.05) is 33.5 Å². The molecule has 0 bridgehead atoms. The number of unbranched alkanes of at least 4 members (excludes halogenated alkanes) is 3. The summed E-state index contributed by atoms with van der Waals surface area (Å²) in [7, 11) is 0. The van der Waals surface area contributed by atoms with Gasteiger partial charge < -0.3 is 9.47 Å². The minimum Gasteiger partial charge on any atom is -0.310 e. The zero-order chi connectivity index (χ0) is 53.3. The second-order valence-corrected chi connectivity index (χ2v) is 21.1. The van der Waals surface area contributed by atoms with Crippen molar-refractivity contribution in [2.45, 2.75) is 44.4 Å². The smallest absolute Gasteiger partial charge is 0.0714 e. The fourth-order valence-corrected chi connectivity index (χ4v) is 12.5. The monoisotopic (exact) mass is 1010 g/mol. The van der Waals surface area contributed by atoms with E-state index >= 15 is 0 Å². The van der Waals surface area contributed by atoms with Gasteiger partial charge in [0.05, 0.1) is 16.4 Å². The molecule has 0 saturated carbocycles. The molecule has 0 saturated heterocycles. The molecule has 13 rings (SSSR count). The first-order chi connectivity index (χ1) is 39.0. The van der Waals surface area contributed by atoms with Crippen LogP contribution >= 0.6 is 0 Å². The van der Waals surface area contributed by atoms with Crippen LogP contribution in [0.3, 0.4) is 0 Å². The van der Waals surface area contributed by atoms with Gasteiger partial charge in [-0.05, 0) is 169 Å². The Labute approximate surface area is 465 Å². The Balaban J connectivity index is 0.935. The van der Waals surface area contributed by atoms with Crippen LogP contribution in [0.4, 0.5) is 17.1 Å². The average molecular weight is 1020 g/mol. The summed E-state index contributed by atoms with van der Waals surface area (Å²) < 4.78 is 2.40. The topological polar surface area (TPSA) is 8.17 Å². The normalized spacial score (nSPS) is 13.5. The molecule has 0 aliphatic heterocycles. The van der Waals surface area contributed by atoms with Gasteiger partial charge in [0.15, 0.2) is 0 Å². The SMILES string of the molecule is C=Cc1ccc(-c2ccc3c(c2)c2cc(-c4ccc(N(c5ccc(-c6ccc(CCCCCC)cc6)cc5)c5ccc6c(c5)C(c5ccccc5)(c5ccc(C=C)cc5)c5ccccc5-6)cc4)ccc2n3-c2ccccc2)cc1. The number of para-hydroxylation sites is 1. The Morgan fingerprint density at radius 3 is 1.44 bits per heavy atom. The first-order valence-electron chi connectivity index (χ1n) is 28.0. The van der Waals surface area contributed by atoms with E-state index in [1.807, 2.05) is 12.2 Å². The summed E-state index contributed by atoms with van der Waals surface area (Å²) in [5, 5.41) is 2.44. The number of hydrogen-bond donors (Lipinski definition) is 0. The molecule has 1 unspecified atom stereocenters. The molecule has 12 aromatic rings. The van der Waals surface area contributed by atoms with Crippen molar-refractivity contribution in [3.05, 3.63) is 313 Å². The summed E-state index contributed by atoms with van der Waals surface area (Å²) in [6.07, 6.45) is 10.0. The molecular formula is C77H62N2. The molecule has 2 nitrogen and oxygen atoms in total. The first kappa shape index (κ1) is 49.1. The van der Waals surface area contributed by atoms with E-state index in [9.17, 15) is 0 Å². The molecule has 1 aromatic heterocycles. The molecule has 0 spiro atoms. The van der Waals surface area contributed by atoms with Crippen LogP contribution in [0.15, 0.2) is 274 Å². The second kappa shape index (κ2) is 21.1. The molecule has 0 radical (unpaired) electrons. The Hall–Kier alpha value is -9.50. The van der Waals surface area contributed by atoms with E-state index in [2.05, 4.69) is 290 Å². The summed E-state index contributed by atoms with van der Waals surface area (Å²) in [5.41, 5.74) is 24.4. The van der Waals surface area contributed by atoms with Gasteiger partial charge in [-0.15, -0.1) is 0 Å². The molecule has 1 heterocycles. The lowest BCUT2D eigenvalue weighted by atomic mass is 9.67. The highest BCUT2D eigenvalue weighted by atomic mass is 15.1. The van der Waals surface area contributed by atoms with E-state index in [0.29, 0.717) is 0 Å². The third-order valence-electron chi connectivity index (χ3n) is 16.5. The van der Waals surface area contributed by atoms with Gasteiger partial charge in [0.25, 0.3) is 0 Å². The number of nitrogens with zero attached hydrogens (tertiary/aromatic N) is 2. The molecule has 2 heteroatoms. The highest BCUT2D eigenvalue weighted by Gasteiger charge is 2.46. The summed E-state index contributed by atoms with van der Waals surface area (Å²) in [6, 6.07) is 97.0. The summed E-state index contributed by atoms with van der Waals surface area (Å²) in [6.45, 7) is 10.4. The van der Waals surface area contributed by atoms with Crippen molar-refractivity contribution in [3.8, 4) is 50.2 Å². The van der Waals surface area contributed by atoms with Crippen molar-refractivity contribution in [1.82, 2.24) is 4.57 Å². The zero-order valence-electron chi connectivity index (χ0n) is 44.8. The second-order valence-electron chi connectivity index (χ2n) is 21.1. The maximum Gasteiger partial charge on any atom is 0.0714 e. The van der Waals surface area contributed by atoms with Crippen molar-refractivity contribution in [2.75, 3.05) is 4.90 Å². The minimum absolute atomic E-state index is 0.566. The Kier molecular flexibility index (Phi) is 13.1. The van der Waals surface area contributed by atoms with Crippen molar-refractivity contribution < 1.29 is 0 Å². The highest BCUT2D eigenvalue weighted by molar-refractivity contribution is 6.11. The molecule has 0 amide bonds. The van der Waals surface area contributed by atoms with Crippen LogP contribution in [-0.2, 0) is 11.8 Å². The number of hydrogen-bond acceptors (Lipinski definition) is 1. The lowest BCUT2D eigenvalue weighted by Crippen LogP contribution is -2.28. The molecular weight excluding hydrogens is 953 g/mol. The molecule has 0 fully saturated rings. The number of anilines is 3. The van der Waals surface area contributed by atoms with Crippen LogP contribution in [0.1, 0.15) is 71.6 Å². The number of aromatic nitrogens is 1. The van der Waals surface area contributed by atoms with E-state index in [1.54, 1.807) is 0 Å². The average Bonchev–Trinajstić information content (AvgIpc) is 4.03. The Morgan fingerprint density at radius 2 is 0.861 bits per heavy atom. The molecule has 0 N–H and O–H groups in total. The first-order valence-corrected chi connectivity index (χ1v) is 28.0. The van der Waals surface area contributed by atoms with E-state index in [4.69, 9.17) is 0 Å². The Morgan fingerprint density at radius 1 is 0.392 bits per heavy atom. The maximum atomic E-state index is 4.10. The third-order valence-corrected chi connectivity index (χ3v) is 16.5. The van der Waals surface area contributed by atoms with E-state index < -0.39 is 5.41 Å².